The summed E-state index contributed by atoms with van der Waals surface area (Å²) in [5.74, 6) is 0.511. The molecule has 0 aliphatic rings. The molecule has 0 unspecified atom stereocenters. The molecule has 0 bridgehead atoms. The number of aliphatic imine (C=N–C) groups is 1. The number of hydrogen-bond acceptors (Lipinski definition) is 3. The van der Waals surface area contributed by atoms with Gasteiger partial charge < -0.3 is 20.3 Å². The van der Waals surface area contributed by atoms with E-state index >= 15 is 0 Å². The number of benzene rings is 1. The molecule has 0 saturated carbocycles. The highest BCUT2D eigenvalue weighted by atomic mass is 19.1. The predicted octanol–water partition coefficient (Wildman–Crippen LogP) is 2.37. The van der Waals surface area contributed by atoms with Crippen LogP contribution in [-0.2, 0) is 11.3 Å². The second-order valence-corrected chi connectivity index (χ2v) is 5.07. The van der Waals surface area contributed by atoms with Gasteiger partial charge in [0.05, 0.1) is 18.8 Å². The summed E-state index contributed by atoms with van der Waals surface area (Å²) in [7, 11) is 1.66. The molecule has 1 aromatic carbocycles. The SMILES string of the molecule is CCNC(=NCc1ccc(N(CC)CC)c(F)c1)NCCOC. The van der Waals surface area contributed by atoms with Crippen molar-refractivity contribution >= 4 is 11.6 Å². The van der Waals surface area contributed by atoms with Crippen molar-refractivity contribution in [1.29, 1.82) is 0 Å². The Bertz CT molecular complexity index is 489. The van der Waals surface area contributed by atoms with Gasteiger partial charge in [0.25, 0.3) is 0 Å². The van der Waals surface area contributed by atoms with Crippen LogP contribution in [0.15, 0.2) is 23.2 Å². The molecule has 1 rings (SSSR count). The molecule has 23 heavy (non-hydrogen) atoms. The fourth-order valence-corrected chi connectivity index (χ4v) is 2.25. The minimum absolute atomic E-state index is 0.196. The van der Waals surface area contributed by atoms with Gasteiger partial charge in [-0.15, -0.1) is 0 Å². The number of hydrogen-bond donors (Lipinski definition) is 2. The van der Waals surface area contributed by atoms with E-state index < -0.39 is 0 Å². The van der Waals surface area contributed by atoms with Gasteiger partial charge in [-0.25, -0.2) is 9.38 Å². The first kappa shape index (κ1) is 19.2. The topological polar surface area (TPSA) is 48.9 Å². The number of nitrogens with zero attached hydrogens (tertiary/aromatic N) is 2. The summed E-state index contributed by atoms with van der Waals surface area (Å²) in [6.07, 6.45) is 0. The fraction of sp³-hybridized carbons (Fsp3) is 0.588. The van der Waals surface area contributed by atoms with Crippen molar-refractivity contribution in [3.05, 3.63) is 29.6 Å². The molecule has 0 aliphatic heterocycles. The van der Waals surface area contributed by atoms with E-state index in [1.807, 2.05) is 37.8 Å². The Hall–Kier alpha value is -1.82. The van der Waals surface area contributed by atoms with Gasteiger partial charge in [-0.2, -0.15) is 0 Å². The van der Waals surface area contributed by atoms with Crippen LogP contribution in [0.3, 0.4) is 0 Å². The molecule has 5 nitrogen and oxygen atoms in total. The van der Waals surface area contributed by atoms with Crippen LogP contribution in [-0.4, -0.2) is 45.9 Å². The lowest BCUT2D eigenvalue weighted by Crippen LogP contribution is -2.38. The molecule has 0 heterocycles. The van der Waals surface area contributed by atoms with Crippen LogP contribution in [0.5, 0.6) is 0 Å². The minimum atomic E-state index is -0.196. The molecule has 0 aliphatic carbocycles. The smallest absolute Gasteiger partial charge is 0.191 e. The zero-order valence-corrected chi connectivity index (χ0v) is 14.7. The van der Waals surface area contributed by atoms with E-state index in [-0.39, 0.29) is 5.82 Å². The third-order valence-electron chi connectivity index (χ3n) is 3.48. The van der Waals surface area contributed by atoms with Crippen molar-refractivity contribution in [2.24, 2.45) is 4.99 Å². The molecule has 130 valence electrons. The molecule has 0 saturated heterocycles. The Morgan fingerprint density at radius 1 is 1.22 bits per heavy atom. The molecule has 1 aromatic rings. The van der Waals surface area contributed by atoms with Crippen LogP contribution in [0.2, 0.25) is 0 Å². The van der Waals surface area contributed by atoms with Gasteiger partial charge in [0, 0.05) is 33.3 Å². The zero-order chi connectivity index (χ0) is 17.1. The Kier molecular flexibility index (Phi) is 9.05. The third-order valence-corrected chi connectivity index (χ3v) is 3.48. The molecule has 0 atom stereocenters. The standard InChI is InChI=1S/C17H29FN4O/c1-5-19-17(20-10-11-23-4)21-13-14-8-9-16(15(18)12-14)22(6-2)7-3/h8-9,12H,5-7,10-11,13H2,1-4H3,(H2,19,20,21). The number of ether oxygens (including phenoxy) is 1. The third kappa shape index (κ3) is 6.44. The van der Waals surface area contributed by atoms with Crippen LogP contribution >= 0.6 is 0 Å². The predicted molar refractivity (Wildman–Crippen MR) is 94.7 cm³/mol. The normalized spacial score (nSPS) is 11.4. The van der Waals surface area contributed by atoms with Crippen LogP contribution in [0, 0.1) is 5.82 Å². The van der Waals surface area contributed by atoms with Crippen molar-refractivity contribution in [3.63, 3.8) is 0 Å². The summed E-state index contributed by atoms with van der Waals surface area (Å²) in [4.78, 5) is 6.47. The first-order chi connectivity index (χ1) is 11.2. The lowest BCUT2D eigenvalue weighted by molar-refractivity contribution is 0.203. The number of nitrogens with one attached hydrogen (secondary N) is 2. The molecule has 2 N–H and O–H groups in total. The molecule has 0 amide bonds. The highest BCUT2D eigenvalue weighted by Crippen LogP contribution is 2.20. The first-order valence-electron chi connectivity index (χ1n) is 8.20. The van der Waals surface area contributed by atoms with Crippen LogP contribution < -0.4 is 15.5 Å². The summed E-state index contributed by atoms with van der Waals surface area (Å²) in [6, 6.07) is 5.33. The lowest BCUT2D eigenvalue weighted by Gasteiger charge is -2.21. The maximum Gasteiger partial charge on any atom is 0.191 e. The van der Waals surface area contributed by atoms with Crippen molar-refractivity contribution in [1.82, 2.24) is 10.6 Å². The number of guanidine groups is 1. The molecular formula is C17H29FN4O. The maximum absolute atomic E-state index is 14.3. The molecule has 0 aromatic heterocycles. The largest absolute Gasteiger partial charge is 0.383 e. The van der Waals surface area contributed by atoms with E-state index in [1.165, 1.54) is 0 Å². The Balaban J connectivity index is 2.74. The van der Waals surface area contributed by atoms with E-state index in [9.17, 15) is 4.39 Å². The van der Waals surface area contributed by atoms with Gasteiger partial charge in [0.15, 0.2) is 5.96 Å². The molecule has 0 spiro atoms. The fourth-order valence-electron chi connectivity index (χ4n) is 2.25. The highest BCUT2D eigenvalue weighted by Gasteiger charge is 2.09. The summed E-state index contributed by atoms with van der Waals surface area (Å²) in [6.45, 7) is 10.1. The van der Waals surface area contributed by atoms with Gasteiger partial charge in [-0.3, -0.25) is 0 Å². The van der Waals surface area contributed by atoms with Crippen molar-refractivity contribution < 1.29 is 9.13 Å². The second kappa shape index (κ2) is 10.8. The van der Waals surface area contributed by atoms with Crippen LogP contribution in [0.25, 0.3) is 0 Å². The molecule has 0 radical (unpaired) electrons. The van der Waals surface area contributed by atoms with E-state index in [2.05, 4.69) is 15.6 Å². The van der Waals surface area contributed by atoms with Gasteiger partial charge >= 0.3 is 0 Å². The van der Waals surface area contributed by atoms with E-state index in [0.29, 0.717) is 31.3 Å². The monoisotopic (exact) mass is 324 g/mol. The van der Waals surface area contributed by atoms with Gasteiger partial charge in [-0.1, -0.05) is 6.07 Å². The molecule has 6 heteroatoms. The summed E-state index contributed by atoms with van der Waals surface area (Å²) >= 11 is 0. The molecule has 0 fully saturated rings. The van der Waals surface area contributed by atoms with E-state index in [4.69, 9.17) is 4.74 Å². The first-order valence-corrected chi connectivity index (χ1v) is 8.20. The highest BCUT2D eigenvalue weighted by molar-refractivity contribution is 5.79. The van der Waals surface area contributed by atoms with Gasteiger partial charge in [0.1, 0.15) is 5.82 Å². The van der Waals surface area contributed by atoms with Crippen molar-refractivity contribution in [3.8, 4) is 0 Å². The second-order valence-electron chi connectivity index (χ2n) is 5.07. The quantitative estimate of drug-likeness (QED) is 0.416. The maximum atomic E-state index is 14.3. The van der Waals surface area contributed by atoms with Gasteiger partial charge in [0.2, 0.25) is 0 Å². The number of anilines is 1. The number of rotatable bonds is 9. The minimum Gasteiger partial charge on any atom is -0.383 e. The Morgan fingerprint density at radius 2 is 1.96 bits per heavy atom. The Labute approximate surface area is 138 Å². The molecular weight excluding hydrogens is 295 g/mol. The summed E-state index contributed by atoms with van der Waals surface area (Å²) < 4.78 is 19.3. The zero-order valence-electron chi connectivity index (χ0n) is 14.7. The van der Waals surface area contributed by atoms with Crippen molar-refractivity contribution in [2.45, 2.75) is 27.3 Å². The lowest BCUT2D eigenvalue weighted by atomic mass is 10.2. The average molecular weight is 324 g/mol. The summed E-state index contributed by atoms with van der Waals surface area (Å²) in [5, 5.41) is 6.32. The summed E-state index contributed by atoms with van der Waals surface area (Å²) in [5.41, 5.74) is 1.50. The van der Waals surface area contributed by atoms with Crippen molar-refractivity contribution in [2.75, 3.05) is 44.8 Å². The van der Waals surface area contributed by atoms with Crippen LogP contribution in [0.4, 0.5) is 10.1 Å². The van der Waals surface area contributed by atoms with Gasteiger partial charge in [-0.05, 0) is 38.5 Å². The number of halogens is 1. The van der Waals surface area contributed by atoms with Crippen LogP contribution in [0.1, 0.15) is 26.3 Å². The Morgan fingerprint density at radius 3 is 2.52 bits per heavy atom. The average Bonchev–Trinajstić information content (AvgIpc) is 2.55. The van der Waals surface area contributed by atoms with E-state index in [1.54, 1.807) is 13.2 Å². The number of methoxy groups -OCH3 is 1. The van der Waals surface area contributed by atoms with E-state index in [0.717, 1.165) is 25.2 Å².